The summed E-state index contributed by atoms with van der Waals surface area (Å²) in [5.41, 5.74) is 2.87. The van der Waals surface area contributed by atoms with E-state index in [2.05, 4.69) is 6.07 Å². The molecule has 0 aliphatic heterocycles. The van der Waals surface area contributed by atoms with Crippen molar-refractivity contribution in [2.45, 2.75) is 6.61 Å². The predicted octanol–water partition coefficient (Wildman–Crippen LogP) is 2.14. The van der Waals surface area contributed by atoms with Crippen LogP contribution < -0.4 is 0 Å². The fourth-order valence-electron chi connectivity index (χ4n) is 1.76. The molecule has 0 unspecified atom stereocenters. The number of carbonyl (C=O) groups is 1. The Morgan fingerprint density at radius 3 is 2.87 bits per heavy atom. The first-order chi connectivity index (χ1) is 7.26. The van der Waals surface area contributed by atoms with E-state index < -0.39 is 0 Å². The zero-order valence-corrected chi connectivity index (χ0v) is 8.86. The van der Waals surface area contributed by atoms with Gasteiger partial charge in [0.2, 0.25) is 0 Å². The van der Waals surface area contributed by atoms with Gasteiger partial charge in [-0.15, -0.1) is 0 Å². The first-order valence-electron chi connectivity index (χ1n) is 4.78. The van der Waals surface area contributed by atoms with Crippen LogP contribution in [-0.2, 0) is 18.4 Å². The van der Waals surface area contributed by atoms with Gasteiger partial charge in [0.15, 0.2) is 0 Å². The van der Waals surface area contributed by atoms with E-state index in [1.54, 1.807) is 7.11 Å². The highest BCUT2D eigenvalue weighted by atomic mass is 16.5. The number of hydrogen-bond donors (Lipinski definition) is 0. The molecule has 0 saturated heterocycles. The number of aryl methyl sites for hydroxylation is 1. The molecule has 1 heterocycles. The van der Waals surface area contributed by atoms with E-state index in [-0.39, 0.29) is 0 Å². The van der Waals surface area contributed by atoms with Gasteiger partial charge in [0.05, 0.1) is 6.61 Å². The molecule has 0 amide bonds. The highest BCUT2D eigenvalue weighted by Crippen LogP contribution is 2.20. The molecule has 0 N–H and O–H groups in total. The summed E-state index contributed by atoms with van der Waals surface area (Å²) in [4.78, 5) is 10.7. The van der Waals surface area contributed by atoms with Crippen LogP contribution in [-0.4, -0.2) is 18.0 Å². The monoisotopic (exact) mass is 203 g/mol. The number of aldehydes is 1. The second-order valence-corrected chi connectivity index (χ2v) is 3.56. The molecule has 0 atom stereocenters. The average Bonchev–Trinajstić information content (AvgIpc) is 2.56. The molecular formula is C12H13NO2. The highest BCUT2D eigenvalue weighted by molar-refractivity contribution is 5.88. The van der Waals surface area contributed by atoms with Crippen LogP contribution in [0.4, 0.5) is 0 Å². The Labute approximate surface area is 88.3 Å². The molecule has 2 rings (SSSR count). The van der Waals surface area contributed by atoms with E-state index in [0.717, 1.165) is 22.9 Å². The van der Waals surface area contributed by atoms with Crippen LogP contribution in [0.2, 0.25) is 0 Å². The third kappa shape index (κ3) is 1.66. The van der Waals surface area contributed by atoms with Crippen LogP contribution in [0.3, 0.4) is 0 Å². The molecule has 0 aliphatic carbocycles. The minimum absolute atomic E-state index is 0.585. The number of carbonyl (C=O) groups excluding carboxylic acids is 1. The minimum atomic E-state index is 0.585. The number of nitrogens with zero attached hydrogens (tertiary/aromatic N) is 1. The molecule has 0 bridgehead atoms. The van der Waals surface area contributed by atoms with Gasteiger partial charge >= 0.3 is 0 Å². The number of methoxy groups -OCH3 is 1. The second-order valence-electron chi connectivity index (χ2n) is 3.56. The summed E-state index contributed by atoms with van der Waals surface area (Å²) in [6.45, 7) is 0.585. The van der Waals surface area contributed by atoms with Gasteiger partial charge in [-0.3, -0.25) is 4.79 Å². The minimum Gasteiger partial charge on any atom is -0.378 e. The molecule has 1 aromatic carbocycles. The molecule has 0 saturated carbocycles. The lowest BCUT2D eigenvalue weighted by Gasteiger charge is -2.02. The van der Waals surface area contributed by atoms with Crippen LogP contribution in [0.1, 0.15) is 16.1 Å². The fourth-order valence-corrected chi connectivity index (χ4v) is 1.76. The van der Waals surface area contributed by atoms with Crippen molar-refractivity contribution in [2.75, 3.05) is 7.11 Å². The molecule has 15 heavy (non-hydrogen) atoms. The number of aromatic nitrogens is 1. The van der Waals surface area contributed by atoms with Crippen LogP contribution in [0.25, 0.3) is 10.9 Å². The summed E-state index contributed by atoms with van der Waals surface area (Å²) in [5, 5.41) is 1.13. The SMILES string of the molecule is COCc1cc2ccc(C=O)cc2n1C. The van der Waals surface area contributed by atoms with Crippen molar-refractivity contribution in [3.05, 3.63) is 35.5 Å². The van der Waals surface area contributed by atoms with E-state index in [9.17, 15) is 4.79 Å². The normalized spacial score (nSPS) is 10.8. The summed E-state index contributed by atoms with van der Waals surface area (Å²) in [6, 6.07) is 7.75. The maximum atomic E-state index is 10.7. The number of hydrogen-bond acceptors (Lipinski definition) is 2. The van der Waals surface area contributed by atoms with Crippen molar-refractivity contribution in [3.63, 3.8) is 0 Å². The average molecular weight is 203 g/mol. The van der Waals surface area contributed by atoms with Gasteiger partial charge < -0.3 is 9.30 Å². The summed E-state index contributed by atoms with van der Waals surface area (Å²) < 4.78 is 7.15. The van der Waals surface area contributed by atoms with Crippen molar-refractivity contribution in [1.29, 1.82) is 0 Å². The topological polar surface area (TPSA) is 31.2 Å². The van der Waals surface area contributed by atoms with E-state index >= 15 is 0 Å². The largest absolute Gasteiger partial charge is 0.378 e. The van der Waals surface area contributed by atoms with Gasteiger partial charge in [0.1, 0.15) is 6.29 Å². The lowest BCUT2D eigenvalue weighted by atomic mass is 10.2. The third-order valence-electron chi connectivity index (χ3n) is 2.60. The van der Waals surface area contributed by atoms with Gasteiger partial charge in [-0.25, -0.2) is 0 Å². The molecule has 0 aliphatic rings. The van der Waals surface area contributed by atoms with E-state index in [1.807, 2.05) is 29.8 Å². The first-order valence-corrected chi connectivity index (χ1v) is 4.78. The van der Waals surface area contributed by atoms with Gasteiger partial charge in [-0.2, -0.15) is 0 Å². The van der Waals surface area contributed by atoms with E-state index in [0.29, 0.717) is 12.2 Å². The fraction of sp³-hybridized carbons (Fsp3) is 0.250. The summed E-state index contributed by atoms with van der Waals surface area (Å²) >= 11 is 0. The molecule has 78 valence electrons. The Hall–Kier alpha value is -1.61. The Morgan fingerprint density at radius 2 is 2.20 bits per heavy atom. The predicted molar refractivity (Wildman–Crippen MR) is 59.0 cm³/mol. The Balaban J connectivity index is 2.61. The van der Waals surface area contributed by atoms with E-state index in [4.69, 9.17) is 4.74 Å². The molecule has 1 aromatic heterocycles. The van der Waals surface area contributed by atoms with Crippen molar-refractivity contribution < 1.29 is 9.53 Å². The van der Waals surface area contributed by atoms with Gasteiger partial charge in [0.25, 0.3) is 0 Å². The molecule has 0 spiro atoms. The Kier molecular flexibility index (Phi) is 2.56. The first kappa shape index (κ1) is 9.93. The molecule has 0 radical (unpaired) electrons. The lowest BCUT2D eigenvalue weighted by Crippen LogP contribution is -1.97. The molecule has 2 aromatic rings. The van der Waals surface area contributed by atoms with Crippen molar-refractivity contribution in [1.82, 2.24) is 4.57 Å². The number of benzene rings is 1. The zero-order valence-electron chi connectivity index (χ0n) is 8.86. The third-order valence-corrected chi connectivity index (χ3v) is 2.60. The molecule has 0 fully saturated rings. The van der Waals surface area contributed by atoms with Crippen molar-refractivity contribution in [2.24, 2.45) is 7.05 Å². The summed E-state index contributed by atoms with van der Waals surface area (Å²) in [7, 11) is 3.65. The maximum Gasteiger partial charge on any atom is 0.150 e. The zero-order chi connectivity index (χ0) is 10.8. The van der Waals surface area contributed by atoms with Gasteiger partial charge in [-0.05, 0) is 17.5 Å². The number of rotatable bonds is 3. The van der Waals surface area contributed by atoms with Crippen LogP contribution in [0.5, 0.6) is 0 Å². The number of fused-ring (bicyclic) bond motifs is 1. The smallest absolute Gasteiger partial charge is 0.150 e. The van der Waals surface area contributed by atoms with Crippen LogP contribution >= 0.6 is 0 Å². The summed E-state index contributed by atoms with van der Waals surface area (Å²) in [5.74, 6) is 0. The van der Waals surface area contributed by atoms with E-state index in [1.165, 1.54) is 0 Å². The van der Waals surface area contributed by atoms with Crippen LogP contribution in [0.15, 0.2) is 24.3 Å². The maximum absolute atomic E-state index is 10.7. The Bertz CT molecular complexity index is 500. The van der Waals surface area contributed by atoms with Gasteiger partial charge in [-0.1, -0.05) is 12.1 Å². The quantitative estimate of drug-likeness (QED) is 0.715. The standard InChI is InChI=1S/C12H13NO2/c1-13-11(8-15-2)6-10-4-3-9(7-14)5-12(10)13/h3-7H,8H2,1-2H3. The van der Waals surface area contributed by atoms with Gasteiger partial charge in [0, 0.05) is 30.9 Å². The van der Waals surface area contributed by atoms with Crippen molar-refractivity contribution >= 4 is 17.2 Å². The van der Waals surface area contributed by atoms with Crippen molar-refractivity contribution in [3.8, 4) is 0 Å². The molecule has 3 heteroatoms. The molecule has 3 nitrogen and oxygen atoms in total. The Morgan fingerprint density at radius 1 is 1.40 bits per heavy atom. The molecular weight excluding hydrogens is 190 g/mol. The lowest BCUT2D eigenvalue weighted by molar-refractivity contribution is 0.112. The summed E-state index contributed by atoms with van der Waals surface area (Å²) in [6.07, 6.45) is 0.864. The van der Waals surface area contributed by atoms with Crippen LogP contribution in [0, 0.1) is 0 Å². The second kappa shape index (κ2) is 3.87. The number of ether oxygens (including phenoxy) is 1. The highest BCUT2D eigenvalue weighted by Gasteiger charge is 2.05.